The second-order valence-electron chi connectivity index (χ2n) is 6.04. The zero-order valence-electron chi connectivity index (χ0n) is 15.3. The van der Waals surface area contributed by atoms with E-state index >= 15 is 0 Å². The maximum atomic E-state index is 12.5. The number of carbonyl (C=O) groups excluding carboxylic acids is 3. The van der Waals surface area contributed by atoms with Gasteiger partial charge in [-0.3, -0.25) is 9.59 Å². The number of amides is 3. The summed E-state index contributed by atoms with van der Waals surface area (Å²) >= 11 is 0. The molecular weight excluding hydrogens is 338 g/mol. The monoisotopic (exact) mass is 363 g/mol. The molecule has 0 radical (unpaired) electrons. The van der Waals surface area contributed by atoms with Crippen LogP contribution in [0.3, 0.4) is 0 Å². The number of nitrogens with one attached hydrogen (secondary N) is 2. The largest absolute Gasteiger partial charge is 0.495 e. The number of urea groups is 1. The number of rotatable bonds is 5. The van der Waals surface area contributed by atoms with Gasteiger partial charge in [0.25, 0.3) is 0 Å². The lowest BCUT2D eigenvalue weighted by atomic mass is 9.97. The molecule has 8 heteroatoms. The summed E-state index contributed by atoms with van der Waals surface area (Å²) in [6.45, 7) is 4.51. The lowest BCUT2D eigenvalue weighted by molar-refractivity contribution is -0.149. The molecule has 0 saturated carbocycles. The topological polar surface area (TPSA) is 97.0 Å². The molecule has 0 aromatic heterocycles. The lowest BCUT2D eigenvalue weighted by Gasteiger charge is -2.31. The molecular formula is C18H25N3O5. The molecule has 1 fully saturated rings. The van der Waals surface area contributed by atoms with Crippen molar-refractivity contribution in [3.8, 4) is 5.75 Å². The first-order valence-corrected chi connectivity index (χ1v) is 8.62. The fourth-order valence-electron chi connectivity index (χ4n) is 2.86. The van der Waals surface area contributed by atoms with Crippen LogP contribution in [0.1, 0.15) is 26.7 Å². The van der Waals surface area contributed by atoms with Gasteiger partial charge in [-0.05, 0) is 38.0 Å². The summed E-state index contributed by atoms with van der Waals surface area (Å²) < 4.78 is 10.3. The Bertz CT molecular complexity index is 669. The zero-order valence-corrected chi connectivity index (χ0v) is 15.3. The highest BCUT2D eigenvalue weighted by Crippen LogP contribution is 2.28. The predicted octanol–water partition coefficient (Wildman–Crippen LogP) is 2.46. The van der Waals surface area contributed by atoms with Crippen molar-refractivity contribution in [3.63, 3.8) is 0 Å². The number of piperidine rings is 1. The molecule has 0 atom stereocenters. The molecule has 1 aliphatic rings. The molecule has 2 N–H and O–H groups in total. The van der Waals surface area contributed by atoms with E-state index in [9.17, 15) is 14.4 Å². The minimum atomic E-state index is -0.273. The van der Waals surface area contributed by atoms with E-state index in [2.05, 4.69) is 10.6 Å². The van der Waals surface area contributed by atoms with Gasteiger partial charge >= 0.3 is 12.0 Å². The van der Waals surface area contributed by atoms with Crippen molar-refractivity contribution in [1.82, 2.24) is 4.90 Å². The van der Waals surface area contributed by atoms with Crippen LogP contribution < -0.4 is 15.4 Å². The normalized spacial score (nSPS) is 14.5. The molecule has 0 aliphatic carbocycles. The van der Waals surface area contributed by atoms with Crippen LogP contribution in [0.2, 0.25) is 0 Å². The van der Waals surface area contributed by atoms with Crippen LogP contribution in [0.15, 0.2) is 18.2 Å². The van der Waals surface area contributed by atoms with Gasteiger partial charge in [0, 0.05) is 25.7 Å². The number of esters is 1. The summed E-state index contributed by atoms with van der Waals surface area (Å²) in [7, 11) is 1.51. The second kappa shape index (κ2) is 9.07. The van der Waals surface area contributed by atoms with Crippen molar-refractivity contribution in [2.24, 2.45) is 5.92 Å². The van der Waals surface area contributed by atoms with E-state index in [0.29, 0.717) is 49.7 Å². The van der Waals surface area contributed by atoms with Crippen molar-refractivity contribution >= 4 is 29.3 Å². The molecule has 0 spiro atoms. The van der Waals surface area contributed by atoms with Gasteiger partial charge in [0.2, 0.25) is 5.91 Å². The van der Waals surface area contributed by atoms with Gasteiger partial charge in [0.05, 0.1) is 25.3 Å². The summed E-state index contributed by atoms with van der Waals surface area (Å²) in [6, 6.07) is 4.74. The van der Waals surface area contributed by atoms with Crippen LogP contribution in [0.5, 0.6) is 5.75 Å². The van der Waals surface area contributed by atoms with E-state index in [-0.39, 0.29) is 23.8 Å². The first-order valence-electron chi connectivity index (χ1n) is 8.62. The molecule has 0 unspecified atom stereocenters. The van der Waals surface area contributed by atoms with Gasteiger partial charge in [-0.1, -0.05) is 0 Å². The number of hydrogen-bond acceptors (Lipinski definition) is 5. The second-order valence-corrected chi connectivity index (χ2v) is 6.04. The Morgan fingerprint density at radius 3 is 2.46 bits per heavy atom. The first-order chi connectivity index (χ1) is 12.4. The van der Waals surface area contributed by atoms with Crippen LogP contribution in [0.25, 0.3) is 0 Å². The number of nitrogens with zero attached hydrogens (tertiary/aromatic N) is 1. The predicted molar refractivity (Wildman–Crippen MR) is 97.2 cm³/mol. The molecule has 1 aliphatic heterocycles. The molecule has 1 aromatic rings. The van der Waals surface area contributed by atoms with E-state index in [0.717, 1.165) is 0 Å². The van der Waals surface area contributed by atoms with E-state index in [1.807, 2.05) is 0 Å². The van der Waals surface area contributed by atoms with Crippen molar-refractivity contribution < 1.29 is 23.9 Å². The van der Waals surface area contributed by atoms with E-state index in [1.165, 1.54) is 14.0 Å². The number of ether oxygens (including phenoxy) is 2. The van der Waals surface area contributed by atoms with Crippen molar-refractivity contribution in [1.29, 1.82) is 0 Å². The van der Waals surface area contributed by atoms with Gasteiger partial charge in [-0.2, -0.15) is 0 Å². The van der Waals surface area contributed by atoms with Crippen LogP contribution in [0, 0.1) is 5.92 Å². The van der Waals surface area contributed by atoms with E-state index in [4.69, 9.17) is 9.47 Å². The Balaban J connectivity index is 1.99. The number of benzene rings is 1. The quantitative estimate of drug-likeness (QED) is 0.783. The lowest BCUT2D eigenvalue weighted by Crippen LogP contribution is -2.42. The maximum Gasteiger partial charge on any atom is 0.321 e. The van der Waals surface area contributed by atoms with Gasteiger partial charge in [0.15, 0.2) is 0 Å². The van der Waals surface area contributed by atoms with Crippen LogP contribution in [-0.4, -0.2) is 49.6 Å². The van der Waals surface area contributed by atoms with Gasteiger partial charge in [-0.25, -0.2) is 4.79 Å². The molecule has 2 rings (SSSR count). The summed E-state index contributed by atoms with van der Waals surface area (Å²) in [4.78, 5) is 37.2. The summed E-state index contributed by atoms with van der Waals surface area (Å²) in [5.74, 6) is -0.0591. The smallest absolute Gasteiger partial charge is 0.321 e. The molecule has 3 amide bonds. The zero-order chi connectivity index (χ0) is 19.1. The third-order valence-electron chi connectivity index (χ3n) is 4.16. The highest BCUT2D eigenvalue weighted by molar-refractivity contribution is 5.94. The SMILES string of the molecule is CCOC(=O)C1CCN(C(=O)Nc2cc(NC(C)=O)ccc2OC)CC1. The van der Waals surface area contributed by atoms with E-state index < -0.39 is 0 Å². The van der Waals surface area contributed by atoms with Gasteiger partial charge in [0.1, 0.15) is 5.75 Å². The van der Waals surface area contributed by atoms with Crippen molar-refractivity contribution in [3.05, 3.63) is 18.2 Å². The Morgan fingerprint density at radius 2 is 1.88 bits per heavy atom. The van der Waals surface area contributed by atoms with Crippen LogP contribution in [0.4, 0.5) is 16.2 Å². The fourth-order valence-corrected chi connectivity index (χ4v) is 2.86. The van der Waals surface area contributed by atoms with Crippen molar-refractivity contribution in [2.75, 3.05) is 37.4 Å². The Hall–Kier alpha value is -2.77. The Kier molecular flexibility index (Phi) is 6.82. The molecule has 1 heterocycles. The molecule has 1 aromatic carbocycles. The average Bonchev–Trinajstić information content (AvgIpc) is 2.62. The summed E-state index contributed by atoms with van der Waals surface area (Å²) in [5.41, 5.74) is 1.03. The van der Waals surface area contributed by atoms with Gasteiger partial charge < -0.3 is 25.0 Å². The van der Waals surface area contributed by atoms with Crippen LogP contribution >= 0.6 is 0 Å². The fraction of sp³-hybridized carbons (Fsp3) is 0.500. The van der Waals surface area contributed by atoms with Gasteiger partial charge in [-0.15, -0.1) is 0 Å². The molecule has 8 nitrogen and oxygen atoms in total. The third kappa shape index (κ3) is 5.11. The third-order valence-corrected chi connectivity index (χ3v) is 4.16. The standard InChI is InChI=1S/C18H25N3O5/c1-4-26-17(23)13-7-9-21(10-8-13)18(24)20-15-11-14(19-12(2)22)5-6-16(15)25-3/h5-6,11,13H,4,7-10H2,1-3H3,(H,19,22)(H,20,24). The molecule has 142 valence electrons. The summed E-state index contributed by atoms with van der Waals surface area (Å²) in [5, 5.41) is 5.48. The Morgan fingerprint density at radius 1 is 1.19 bits per heavy atom. The average molecular weight is 363 g/mol. The number of likely N-dealkylation sites (tertiary alicyclic amines) is 1. The minimum absolute atomic E-state index is 0.156. The first kappa shape index (κ1) is 19.6. The van der Waals surface area contributed by atoms with Crippen LogP contribution in [-0.2, 0) is 14.3 Å². The van der Waals surface area contributed by atoms with Crippen molar-refractivity contribution in [2.45, 2.75) is 26.7 Å². The number of hydrogen-bond donors (Lipinski definition) is 2. The number of methoxy groups -OCH3 is 1. The molecule has 1 saturated heterocycles. The Labute approximate surface area is 152 Å². The molecule has 26 heavy (non-hydrogen) atoms. The van der Waals surface area contributed by atoms with E-state index in [1.54, 1.807) is 30.0 Å². The minimum Gasteiger partial charge on any atom is -0.495 e. The number of anilines is 2. The summed E-state index contributed by atoms with van der Waals surface area (Å²) in [6.07, 6.45) is 1.16. The molecule has 0 bridgehead atoms. The highest BCUT2D eigenvalue weighted by atomic mass is 16.5. The highest BCUT2D eigenvalue weighted by Gasteiger charge is 2.28. The number of carbonyl (C=O) groups is 3. The maximum absolute atomic E-state index is 12.5.